The van der Waals surface area contributed by atoms with Crippen LogP contribution in [0.25, 0.3) is 0 Å². The fourth-order valence-corrected chi connectivity index (χ4v) is 2.44. The van der Waals surface area contributed by atoms with Crippen LogP contribution in [0, 0.1) is 0 Å². The maximum Gasteiger partial charge on any atom is 0.490 e. The second-order valence-electron chi connectivity index (χ2n) is 7.33. The number of nitrogens with zero attached hydrogens (tertiary/aromatic N) is 2. The van der Waals surface area contributed by atoms with Crippen LogP contribution < -0.4 is 5.46 Å². The van der Waals surface area contributed by atoms with Crippen LogP contribution in [0.4, 0.5) is 0 Å². The number of methoxy groups -OCH3 is 2. The lowest BCUT2D eigenvalue weighted by Crippen LogP contribution is -2.32. The molecule has 0 radical (unpaired) electrons. The number of halogens is 1. The van der Waals surface area contributed by atoms with Crippen LogP contribution in [0.3, 0.4) is 0 Å². The van der Waals surface area contributed by atoms with Crippen LogP contribution >= 0.6 is 15.9 Å². The summed E-state index contributed by atoms with van der Waals surface area (Å²) in [7, 11) is 1.66. The predicted molar refractivity (Wildman–Crippen MR) is 118 cm³/mol. The number of pyridine rings is 2. The summed E-state index contributed by atoms with van der Waals surface area (Å²) < 4.78 is 21.6. The third-order valence-corrected chi connectivity index (χ3v) is 4.59. The fourth-order valence-electron chi connectivity index (χ4n) is 2.21. The van der Waals surface area contributed by atoms with Crippen molar-refractivity contribution in [1.82, 2.24) is 9.97 Å². The van der Waals surface area contributed by atoms with Crippen molar-refractivity contribution in [2.24, 2.45) is 0 Å². The van der Waals surface area contributed by atoms with Crippen LogP contribution in [0.1, 0.15) is 39.1 Å². The molecular formula is C20H30BBrN2O6. The largest absolute Gasteiger partial charge is 0.490 e. The van der Waals surface area contributed by atoms with E-state index in [0.29, 0.717) is 11.2 Å². The molecule has 2 N–H and O–H groups in total. The molecule has 0 bridgehead atoms. The molecule has 0 aliphatic heterocycles. The Labute approximate surface area is 186 Å². The summed E-state index contributed by atoms with van der Waals surface area (Å²) in [6, 6.07) is 7.18. The Balaban J connectivity index is 0.000000303. The van der Waals surface area contributed by atoms with Gasteiger partial charge in [0.25, 0.3) is 0 Å². The number of ether oxygens (including phenoxy) is 4. The van der Waals surface area contributed by atoms with E-state index in [0.717, 1.165) is 10.2 Å². The molecule has 8 nitrogen and oxygen atoms in total. The molecule has 0 saturated carbocycles. The summed E-state index contributed by atoms with van der Waals surface area (Å²) in [6.07, 6.45) is 3.17. The van der Waals surface area contributed by atoms with Crippen LogP contribution in [0.2, 0.25) is 0 Å². The average Bonchev–Trinajstić information content (AvgIpc) is 2.71. The molecule has 0 amide bonds. The third-order valence-electron chi connectivity index (χ3n) is 4.12. The van der Waals surface area contributed by atoms with E-state index in [1.165, 1.54) is 6.20 Å². The SMILES string of the molecule is COCOC(C)(C)c1ccc(B(O)O)cn1.COCOC(C)(C)c1ccc(Br)cn1. The molecule has 166 valence electrons. The topological polar surface area (TPSA) is 103 Å². The van der Waals surface area contributed by atoms with Crippen LogP contribution in [-0.2, 0) is 30.1 Å². The van der Waals surface area contributed by atoms with Gasteiger partial charge in [0, 0.05) is 36.5 Å². The van der Waals surface area contributed by atoms with E-state index < -0.39 is 18.3 Å². The molecule has 0 atom stereocenters. The van der Waals surface area contributed by atoms with Crippen molar-refractivity contribution >= 4 is 28.5 Å². The van der Waals surface area contributed by atoms with Crippen LogP contribution in [0.15, 0.2) is 41.1 Å². The smallest absolute Gasteiger partial charge is 0.423 e. The molecule has 30 heavy (non-hydrogen) atoms. The summed E-state index contributed by atoms with van der Waals surface area (Å²) in [5.74, 6) is 0. The number of hydrogen-bond donors (Lipinski definition) is 2. The van der Waals surface area contributed by atoms with Gasteiger partial charge in [-0.15, -0.1) is 0 Å². The Morgan fingerprint density at radius 2 is 1.30 bits per heavy atom. The fraction of sp³-hybridized carbons (Fsp3) is 0.500. The van der Waals surface area contributed by atoms with Crippen LogP contribution in [0.5, 0.6) is 0 Å². The molecule has 10 heteroatoms. The van der Waals surface area contributed by atoms with Crippen LogP contribution in [-0.4, -0.2) is 54.9 Å². The summed E-state index contributed by atoms with van der Waals surface area (Å²) in [4.78, 5) is 8.40. The Bertz CT molecular complexity index is 742. The molecule has 0 unspecified atom stereocenters. The lowest BCUT2D eigenvalue weighted by molar-refractivity contribution is -0.120. The van der Waals surface area contributed by atoms with Crippen molar-refractivity contribution in [3.05, 3.63) is 52.5 Å². The molecule has 0 fully saturated rings. The Morgan fingerprint density at radius 3 is 1.63 bits per heavy atom. The lowest BCUT2D eigenvalue weighted by Gasteiger charge is -2.24. The van der Waals surface area contributed by atoms with Crippen molar-refractivity contribution in [3.63, 3.8) is 0 Å². The zero-order valence-electron chi connectivity index (χ0n) is 18.3. The van der Waals surface area contributed by atoms with E-state index in [1.54, 1.807) is 32.5 Å². The molecule has 0 aliphatic rings. The minimum Gasteiger partial charge on any atom is -0.423 e. The van der Waals surface area contributed by atoms with Gasteiger partial charge in [-0.05, 0) is 61.8 Å². The molecule has 0 aliphatic carbocycles. The molecule has 0 saturated heterocycles. The van der Waals surface area contributed by atoms with Gasteiger partial charge in [-0.3, -0.25) is 9.97 Å². The molecule has 0 spiro atoms. The highest BCUT2D eigenvalue weighted by Gasteiger charge is 2.24. The van der Waals surface area contributed by atoms with Gasteiger partial charge in [-0.25, -0.2) is 0 Å². The average molecular weight is 485 g/mol. The maximum absolute atomic E-state index is 8.92. The van der Waals surface area contributed by atoms with E-state index >= 15 is 0 Å². The monoisotopic (exact) mass is 484 g/mol. The van der Waals surface area contributed by atoms with E-state index in [1.807, 2.05) is 39.8 Å². The molecule has 2 heterocycles. The number of aromatic nitrogens is 2. The number of rotatable bonds is 9. The summed E-state index contributed by atoms with van der Waals surface area (Å²) in [5.41, 5.74) is 0.948. The maximum atomic E-state index is 8.92. The molecule has 0 aromatic carbocycles. The first-order chi connectivity index (χ1) is 14.0. The van der Waals surface area contributed by atoms with Gasteiger partial charge in [0.15, 0.2) is 0 Å². The molecule has 2 aromatic heterocycles. The minimum atomic E-state index is -1.50. The molecular weight excluding hydrogens is 455 g/mol. The Hall–Kier alpha value is -1.40. The summed E-state index contributed by atoms with van der Waals surface area (Å²) >= 11 is 3.34. The van der Waals surface area contributed by atoms with Crippen molar-refractivity contribution in [3.8, 4) is 0 Å². The normalized spacial score (nSPS) is 11.6. The van der Waals surface area contributed by atoms with E-state index in [2.05, 4.69) is 25.9 Å². The second-order valence-corrected chi connectivity index (χ2v) is 8.25. The standard InChI is InChI=1S/C10H16BNO4.C10H14BrNO2/c1-10(2,16-7-15-3)9-5-4-8(6-12-9)11(13)14;1-10(2,14-7-13-3)9-5-4-8(11)6-12-9/h4-6,13-14H,7H2,1-3H3;4-6H,7H2,1-3H3. The first-order valence-electron chi connectivity index (χ1n) is 9.24. The van der Waals surface area contributed by atoms with E-state index in [9.17, 15) is 0 Å². The van der Waals surface area contributed by atoms with Gasteiger partial charge in [0.1, 0.15) is 24.8 Å². The first-order valence-corrected chi connectivity index (χ1v) is 10.0. The highest BCUT2D eigenvalue weighted by Crippen LogP contribution is 2.23. The highest BCUT2D eigenvalue weighted by molar-refractivity contribution is 9.10. The van der Waals surface area contributed by atoms with Crippen molar-refractivity contribution < 1.29 is 29.0 Å². The van der Waals surface area contributed by atoms with Gasteiger partial charge in [-0.2, -0.15) is 0 Å². The first kappa shape index (κ1) is 26.6. The van der Waals surface area contributed by atoms with E-state index in [4.69, 9.17) is 29.0 Å². The zero-order chi connectivity index (χ0) is 22.8. The van der Waals surface area contributed by atoms with Gasteiger partial charge in [0.2, 0.25) is 0 Å². The van der Waals surface area contributed by atoms with Gasteiger partial charge >= 0.3 is 7.12 Å². The third kappa shape index (κ3) is 8.77. The highest BCUT2D eigenvalue weighted by atomic mass is 79.9. The second kappa shape index (κ2) is 12.5. The van der Waals surface area contributed by atoms with Gasteiger partial charge < -0.3 is 29.0 Å². The summed E-state index contributed by atoms with van der Waals surface area (Å²) in [6.45, 7) is 8.10. The Kier molecular flexibility index (Phi) is 11.1. The van der Waals surface area contributed by atoms with Crippen molar-refractivity contribution in [2.45, 2.75) is 38.9 Å². The quantitative estimate of drug-likeness (QED) is 0.412. The van der Waals surface area contributed by atoms with Gasteiger partial charge in [-0.1, -0.05) is 6.07 Å². The van der Waals surface area contributed by atoms with Crippen molar-refractivity contribution in [1.29, 1.82) is 0 Å². The number of hydrogen-bond acceptors (Lipinski definition) is 8. The summed E-state index contributed by atoms with van der Waals surface area (Å²) in [5, 5.41) is 17.8. The zero-order valence-corrected chi connectivity index (χ0v) is 19.8. The molecule has 2 rings (SSSR count). The van der Waals surface area contributed by atoms with Gasteiger partial charge in [0.05, 0.1) is 11.4 Å². The van der Waals surface area contributed by atoms with Crippen molar-refractivity contribution in [2.75, 3.05) is 27.8 Å². The van der Waals surface area contributed by atoms with E-state index in [-0.39, 0.29) is 13.6 Å². The molecule has 2 aromatic rings. The minimum absolute atomic E-state index is 0.180. The predicted octanol–water partition coefficient (Wildman–Crippen LogP) is 2.32. The Morgan fingerprint density at radius 1 is 0.833 bits per heavy atom. The lowest BCUT2D eigenvalue weighted by atomic mass is 9.81.